The second-order valence-corrected chi connectivity index (χ2v) is 4.83. The van der Waals surface area contributed by atoms with E-state index >= 15 is 0 Å². The van der Waals surface area contributed by atoms with Crippen LogP contribution in [0.25, 0.3) is 0 Å². The maximum Gasteiger partial charge on any atom is 0.0560 e. The molecular formula is C12H23N3. The molecule has 0 spiro atoms. The third-order valence-corrected chi connectivity index (χ3v) is 2.41. The van der Waals surface area contributed by atoms with E-state index in [1.54, 1.807) is 0 Å². The van der Waals surface area contributed by atoms with E-state index in [9.17, 15) is 0 Å². The molecule has 0 aliphatic heterocycles. The Hall–Kier alpha value is -0.830. The molecule has 0 radical (unpaired) electrons. The van der Waals surface area contributed by atoms with Gasteiger partial charge in [-0.05, 0) is 32.3 Å². The molecule has 1 aromatic heterocycles. The molecule has 3 heteroatoms. The Kier molecular flexibility index (Phi) is 4.82. The van der Waals surface area contributed by atoms with Gasteiger partial charge in [-0.3, -0.25) is 4.68 Å². The van der Waals surface area contributed by atoms with Crippen molar-refractivity contribution < 1.29 is 0 Å². The Balaban J connectivity index is 2.26. The average Bonchev–Trinajstić information content (AvgIpc) is 2.53. The SMILES string of the molecule is CC(C)CC(C)NC(C)Cn1cccn1. The van der Waals surface area contributed by atoms with Crippen molar-refractivity contribution in [3.05, 3.63) is 18.5 Å². The normalized spacial score (nSPS) is 15.5. The summed E-state index contributed by atoms with van der Waals surface area (Å²) in [5.41, 5.74) is 0. The van der Waals surface area contributed by atoms with Crippen molar-refractivity contribution in [3.63, 3.8) is 0 Å². The van der Waals surface area contributed by atoms with E-state index in [1.807, 2.05) is 23.1 Å². The molecule has 0 aromatic carbocycles. The summed E-state index contributed by atoms with van der Waals surface area (Å²) < 4.78 is 1.97. The Morgan fingerprint density at radius 2 is 1.93 bits per heavy atom. The van der Waals surface area contributed by atoms with Gasteiger partial charge in [0, 0.05) is 24.5 Å². The number of rotatable bonds is 6. The first-order chi connectivity index (χ1) is 7.08. The van der Waals surface area contributed by atoms with Gasteiger partial charge in [0.1, 0.15) is 0 Å². The molecule has 0 bridgehead atoms. The van der Waals surface area contributed by atoms with Crippen LogP contribution in [0.1, 0.15) is 34.1 Å². The average molecular weight is 209 g/mol. The van der Waals surface area contributed by atoms with E-state index in [0.29, 0.717) is 12.1 Å². The number of hydrogen-bond acceptors (Lipinski definition) is 2. The first-order valence-corrected chi connectivity index (χ1v) is 5.81. The Morgan fingerprint density at radius 1 is 1.20 bits per heavy atom. The van der Waals surface area contributed by atoms with Crippen LogP contribution >= 0.6 is 0 Å². The van der Waals surface area contributed by atoms with E-state index in [-0.39, 0.29) is 0 Å². The van der Waals surface area contributed by atoms with Gasteiger partial charge >= 0.3 is 0 Å². The standard InChI is InChI=1S/C12H23N3/c1-10(2)8-11(3)14-12(4)9-15-7-5-6-13-15/h5-7,10-12,14H,8-9H2,1-4H3. The van der Waals surface area contributed by atoms with E-state index in [1.165, 1.54) is 6.42 Å². The summed E-state index contributed by atoms with van der Waals surface area (Å²) >= 11 is 0. The summed E-state index contributed by atoms with van der Waals surface area (Å²) in [7, 11) is 0. The summed E-state index contributed by atoms with van der Waals surface area (Å²) in [5.74, 6) is 0.754. The third kappa shape index (κ3) is 4.98. The molecule has 0 saturated heterocycles. The quantitative estimate of drug-likeness (QED) is 0.779. The predicted octanol–water partition coefficient (Wildman–Crippen LogP) is 2.30. The number of aromatic nitrogens is 2. The van der Waals surface area contributed by atoms with Crippen LogP contribution in [0, 0.1) is 5.92 Å². The molecule has 0 aliphatic carbocycles. The molecule has 0 fully saturated rings. The highest BCUT2D eigenvalue weighted by molar-refractivity contribution is 4.79. The molecular weight excluding hydrogens is 186 g/mol. The topological polar surface area (TPSA) is 29.9 Å². The minimum atomic E-state index is 0.471. The van der Waals surface area contributed by atoms with Gasteiger partial charge in [0.25, 0.3) is 0 Å². The predicted molar refractivity (Wildman–Crippen MR) is 63.7 cm³/mol. The molecule has 3 nitrogen and oxygen atoms in total. The van der Waals surface area contributed by atoms with Gasteiger partial charge in [-0.1, -0.05) is 13.8 Å². The minimum Gasteiger partial charge on any atom is -0.310 e. The van der Waals surface area contributed by atoms with E-state index < -0.39 is 0 Å². The van der Waals surface area contributed by atoms with Crippen LogP contribution in [-0.4, -0.2) is 21.9 Å². The monoisotopic (exact) mass is 209 g/mol. The molecule has 0 amide bonds. The summed E-state index contributed by atoms with van der Waals surface area (Å²) in [6.07, 6.45) is 5.05. The van der Waals surface area contributed by atoms with Crippen LogP contribution < -0.4 is 5.32 Å². The summed E-state index contributed by atoms with van der Waals surface area (Å²) in [6, 6.07) is 3.01. The lowest BCUT2D eigenvalue weighted by atomic mass is 10.0. The largest absolute Gasteiger partial charge is 0.310 e. The lowest BCUT2D eigenvalue weighted by Crippen LogP contribution is -2.38. The summed E-state index contributed by atoms with van der Waals surface area (Å²) in [4.78, 5) is 0. The first-order valence-electron chi connectivity index (χ1n) is 5.81. The van der Waals surface area contributed by atoms with Gasteiger partial charge in [-0.2, -0.15) is 5.10 Å². The molecule has 1 rings (SSSR count). The second kappa shape index (κ2) is 5.91. The number of nitrogens with zero attached hydrogens (tertiary/aromatic N) is 2. The van der Waals surface area contributed by atoms with Crippen LogP contribution in [0.15, 0.2) is 18.5 Å². The Morgan fingerprint density at radius 3 is 2.47 bits per heavy atom. The molecule has 15 heavy (non-hydrogen) atoms. The fourth-order valence-corrected chi connectivity index (χ4v) is 2.00. The van der Waals surface area contributed by atoms with Crippen LogP contribution in [0.2, 0.25) is 0 Å². The van der Waals surface area contributed by atoms with E-state index in [2.05, 4.69) is 38.1 Å². The number of nitrogens with one attached hydrogen (secondary N) is 1. The number of hydrogen-bond donors (Lipinski definition) is 1. The van der Waals surface area contributed by atoms with E-state index in [0.717, 1.165) is 12.5 Å². The summed E-state index contributed by atoms with van der Waals surface area (Å²) in [6.45, 7) is 9.92. The van der Waals surface area contributed by atoms with Gasteiger partial charge in [0.2, 0.25) is 0 Å². The molecule has 1 N–H and O–H groups in total. The highest BCUT2D eigenvalue weighted by Gasteiger charge is 2.09. The van der Waals surface area contributed by atoms with Crippen molar-refractivity contribution in [3.8, 4) is 0 Å². The van der Waals surface area contributed by atoms with Crippen LogP contribution in [0.5, 0.6) is 0 Å². The zero-order valence-corrected chi connectivity index (χ0v) is 10.3. The fourth-order valence-electron chi connectivity index (χ4n) is 2.00. The zero-order valence-electron chi connectivity index (χ0n) is 10.3. The van der Waals surface area contributed by atoms with Gasteiger partial charge in [-0.15, -0.1) is 0 Å². The van der Waals surface area contributed by atoms with Gasteiger partial charge in [0.15, 0.2) is 0 Å². The molecule has 86 valence electrons. The maximum atomic E-state index is 4.20. The van der Waals surface area contributed by atoms with Crippen molar-refractivity contribution in [2.75, 3.05) is 0 Å². The molecule has 0 saturated carbocycles. The third-order valence-electron chi connectivity index (χ3n) is 2.41. The van der Waals surface area contributed by atoms with Gasteiger partial charge in [-0.25, -0.2) is 0 Å². The molecule has 2 unspecified atom stereocenters. The second-order valence-electron chi connectivity index (χ2n) is 4.83. The van der Waals surface area contributed by atoms with Crippen molar-refractivity contribution in [2.24, 2.45) is 5.92 Å². The zero-order chi connectivity index (χ0) is 11.3. The lowest BCUT2D eigenvalue weighted by Gasteiger charge is -2.21. The Labute approximate surface area is 92.9 Å². The van der Waals surface area contributed by atoms with Crippen LogP contribution in [0.3, 0.4) is 0 Å². The molecule has 0 aliphatic rings. The maximum absolute atomic E-state index is 4.20. The molecule has 2 atom stereocenters. The highest BCUT2D eigenvalue weighted by atomic mass is 15.3. The van der Waals surface area contributed by atoms with Crippen LogP contribution in [0.4, 0.5) is 0 Å². The van der Waals surface area contributed by atoms with E-state index in [4.69, 9.17) is 0 Å². The molecule has 1 heterocycles. The first kappa shape index (κ1) is 12.2. The van der Waals surface area contributed by atoms with Gasteiger partial charge in [0.05, 0.1) is 6.54 Å². The minimum absolute atomic E-state index is 0.471. The highest BCUT2D eigenvalue weighted by Crippen LogP contribution is 2.05. The summed E-state index contributed by atoms with van der Waals surface area (Å²) in [5, 5.41) is 7.79. The van der Waals surface area contributed by atoms with Gasteiger partial charge < -0.3 is 5.32 Å². The fraction of sp³-hybridized carbons (Fsp3) is 0.750. The van der Waals surface area contributed by atoms with Crippen LogP contribution in [-0.2, 0) is 6.54 Å². The van der Waals surface area contributed by atoms with Crippen molar-refractivity contribution >= 4 is 0 Å². The van der Waals surface area contributed by atoms with Crippen molar-refractivity contribution in [1.82, 2.24) is 15.1 Å². The smallest absolute Gasteiger partial charge is 0.0560 e. The van der Waals surface area contributed by atoms with Crippen molar-refractivity contribution in [1.29, 1.82) is 0 Å². The lowest BCUT2D eigenvalue weighted by molar-refractivity contribution is 0.368. The van der Waals surface area contributed by atoms with Crippen molar-refractivity contribution in [2.45, 2.75) is 52.7 Å². The Bertz CT molecular complexity index is 254. The molecule has 1 aromatic rings.